The fourth-order valence-corrected chi connectivity index (χ4v) is 2.19. The highest BCUT2D eigenvalue weighted by Crippen LogP contribution is 2.17. The van der Waals surface area contributed by atoms with E-state index in [9.17, 15) is 4.39 Å². The van der Waals surface area contributed by atoms with Crippen LogP contribution < -0.4 is 5.32 Å². The van der Waals surface area contributed by atoms with E-state index < -0.39 is 0 Å². The monoisotopic (exact) mass is 237 g/mol. The first-order chi connectivity index (χ1) is 8.25. The summed E-state index contributed by atoms with van der Waals surface area (Å²) >= 11 is 0. The van der Waals surface area contributed by atoms with Crippen LogP contribution in [-0.4, -0.2) is 19.3 Å². The van der Waals surface area contributed by atoms with Gasteiger partial charge >= 0.3 is 0 Å². The second kappa shape index (κ2) is 6.01. The zero-order chi connectivity index (χ0) is 12.1. The fourth-order valence-electron chi connectivity index (χ4n) is 2.19. The van der Waals surface area contributed by atoms with Crippen molar-refractivity contribution in [2.45, 2.75) is 38.7 Å². The molecule has 0 bridgehead atoms. The van der Waals surface area contributed by atoms with Gasteiger partial charge in [0.2, 0.25) is 0 Å². The second-order valence-corrected chi connectivity index (χ2v) is 4.67. The first kappa shape index (κ1) is 12.4. The lowest BCUT2D eigenvalue weighted by Crippen LogP contribution is -2.09. The summed E-state index contributed by atoms with van der Waals surface area (Å²) < 4.78 is 18.6. The molecular formula is C14H20FNO. The average Bonchev–Trinajstić information content (AvgIpc) is 2.82. The summed E-state index contributed by atoms with van der Waals surface area (Å²) in [5, 5.41) is 3.31. The van der Waals surface area contributed by atoms with Crippen LogP contribution in [0.15, 0.2) is 18.2 Å². The number of hydrogen-bond donors (Lipinski definition) is 1. The summed E-state index contributed by atoms with van der Waals surface area (Å²) in [5.41, 5.74) is 1.69. The molecular weight excluding hydrogens is 217 g/mol. The molecule has 0 aromatic heterocycles. The van der Waals surface area contributed by atoms with Gasteiger partial charge < -0.3 is 10.1 Å². The highest BCUT2D eigenvalue weighted by molar-refractivity contribution is 5.45. The first-order valence-corrected chi connectivity index (χ1v) is 6.37. The zero-order valence-electron chi connectivity index (χ0n) is 10.3. The number of halogens is 1. The lowest BCUT2D eigenvalue weighted by molar-refractivity contribution is 0.103. The van der Waals surface area contributed by atoms with Gasteiger partial charge in [0, 0.05) is 18.8 Å². The molecule has 1 aromatic carbocycles. The normalized spacial score (nSPS) is 19.5. The van der Waals surface area contributed by atoms with Crippen molar-refractivity contribution in [3.05, 3.63) is 29.6 Å². The first-order valence-electron chi connectivity index (χ1n) is 6.37. The standard InChI is InChI=1S/C14H20FNO/c1-11-10-12(6-7-14(11)15)16-8-2-4-13-5-3-9-17-13/h6-7,10,13,16H,2-5,8-9H2,1H3. The van der Waals surface area contributed by atoms with Crippen LogP contribution in [0.1, 0.15) is 31.2 Å². The predicted octanol–water partition coefficient (Wildman–Crippen LogP) is 3.51. The summed E-state index contributed by atoms with van der Waals surface area (Å²) in [6.45, 7) is 3.63. The van der Waals surface area contributed by atoms with E-state index in [4.69, 9.17) is 4.74 Å². The van der Waals surface area contributed by atoms with Crippen LogP contribution in [0.4, 0.5) is 10.1 Å². The van der Waals surface area contributed by atoms with Crippen molar-refractivity contribution in [2.75, 3.05) is 18.5 Å². The number of ether oxygens (including phenoxy) is 1. The summed E-state index contributed by atoms with van der Waals surface area (Å²) in [5.74, 6) is -0.144. The van der Waals surface area contributed by atoms with Crippen LogP contribution in [0.2, 0.25) is 0 Å². The largest absolute Gasteiger partial charge is 0.385 e. The van der Waals surface area contributed by atoms with E-state index in [-0.39, 0.29) is 5.82 Å². The van der Waals surface area contributed by atoms with E-state index in [1.54, 1.807) is 13.0 Å². The maximum atomic E-state index is 13.0. The second-order valence-electron chi connectivity index (χ2n) is 4.67. The van der Waals surface area contributed by atoms with Crippen molar-refractivity contribution >= 4 is 5.69 Å². The number of benzene rings is 1. The van der Waals surface area contributed by atoms with Crippen molar-refractivity contribution in [1.29, 1.82) is 0 Å². The van der Waals surface area contributed by atoms with Crippen LogP contribution in [0.3, 0.4) is 0 Å². The molecule has 1 atom stereocenters. The van der Waals surface area contributed by atoms with Crippen molar-refractivity contribution in [2.24, 2.45) is 0 Å². The Morgan fingerprint density at radius 3 is 3.06 bits per heavy atom. The Kier molecular flexibility index (Phi) is 4.37. The zero-order valence-corrected chi connectivity index (χ0v) is 10.3. The minimum absolute atomic E-state index is 0.144. The molecule has 0 aliphatic carbocycles. The van der Waals surface area contributed by atoms with Crippen LogP contribution in [0.25, 0.3) is 0 Å². The lowest BCUT2D eigenvalue weighted by Gasteiger charge is -2.10. The van der Waals surface area contributed by atoms with Gasteiger partial charge in [-0.05, 0) is 56.4 Å². The molecule has 1 aliphatic rings. The van der Waals surface area contributed by atoms with Crippen LogP contribution in [0.5, 0.6) is 0 Å². The molecule has 2 rings (SSSR count). The molecule has 3 heteroatoms. The number of rotatable bonds is 5. The van der Waals surface area contributed by atoms with E-state index in [1.165, 1.54) is 18.9 Å². The maximum absolute atomic E-state index is 13.0. The lowest BCUT2D eigenvalue weighted by atomic mass is 10.1. The average molecular weight is 237 g/mol. The molecule has 0 amide bonds. The molecule has 0 saturated carbocycles. The Hall–Kier alpha value is -1.09. The van der Waals surface area contributed by atoms with Gasteiger partial charge in [0.05, 0.1) is 6.10 Å². The molecule has 2 nitrogen and oxygen atoms in total. The Morgan fingerprint density at radius 1 is 1.47 bits per heavy atom. The van der Waals surface area contributed by atoms with E-state index in [0.717, 1.165) is 31.7 Å². The number of hydrogen-bond acceptors (Lipinski definition) is 2. The van der Waals surface area contributed by atoms with Crippen molar-refractivity contribution in [3.63, 3.8) is 0 Å². The molecule has 0 spiro atoms. The summed E-state index contributed by atoms with van der Waals surface area (Å²) in [6, 6.07) is 5.15. The minimum atomic E-state index is -0.144. The van der Waals surface area contributed by atoms with Crippen molar-refractivity contribution in [1.82, 2.24) is 0 Å². The number of aryl methyl sites for hydroxylation is 1. The summed E-state index contributed by atoms with van der Waals surface area (Å²) in [7, 11) is 0. The molecule has 1 heterocycles. The molecule has 17 heavy (non-hydrogen) atoms. The quantitative estimate of drug-likeness (QED) is 0.791. The third-order valence-electron chi connectivity index (χ3n) is 3.21. The summed E-state index contributed by atoms with van der Waals surface area (Å²) in [4.78, 5) is 0. The van der Waals surface area contributed by atoms with Crippen molar-refractivity contribution < 1.29 is 9.13 Å². The molecule has 1 unspecified atom stereocenters. The van der Waals surface area contributed by atoms with Gasteiger partial charge in [-0.2, -0.15) is 0 Å². The van der Waals surface area contributed by atoms with Crippen LogP contribution in [0, 0.1) is 12.7 Å². The Labute approximate surface area is 102 Å². The van der Waals surface area contributed by atoms with Crippen LogP contribution in [-0.2, 0) is 4.74 Å². The third kappa shape index (κ3) is 3.70. The molecule has 1 aliphatic heterocycles. The van der Waals surface area contributed by atoms with E-state index in [1.807, 2.05) is 6.07 Å². The number of anilines is 1. The van der Waals surface area contributed by atoms with Gasteiger partial charge in [-0.25, -0.2) is 4.39 Å². The van der Waals surface area contributed by atoms with Gasteiger partial charge in [-0.3, -0.25) is 0 Å². The highest BCUT2D eigenvalue weighted by Gasteiger charge is 2.14. The van der Waals surface area contributed by atoms with Gasteiger partial charge in [0.25, 0.3) is 0 Å². The van der Waals surface area contributed by atoms with Gasteiger partial charge in [-0.1, -0.05) is 0 Å². The minimum Gasteiger partial charge on any atom is -0.385 e. The van der Waals surface area contributed by atoms with E-state index in [2.05, 4.69) is 5.32 Å². The maximum Gasteiger partial charge on any atom is 0.126 e. The van der Waals surface area contributed by atoms with Gasteiger partial charge in [-0.15, -0.1) is 0 Å². The third-order valence-corrected chi connectivity index (χ3v) is 3.21. The van der Waals surface area contributed by atoms with Crippen molar-refractivity contribution in [3.8, 4) is 0 Å². The Bertz CT molecular complexity index is 361. The molecule has 94 valence electrons. The van der Waals surface area contributed by atoms with Gasteiger partial charge in [0.15, 0.2) is 0 Å². The SMILES string of the molecule is Cc1cc(NCCCC2CCCO2)ccc1F. The molecule has 0 radical (unpaired) electrons. The number of nitrogens with one attached hydrogen (secondary N) is 1. The smallest absolute Gasteiger partial charge is 0.126 e. The van der Waals surface area contributed by atoms with E-state index in [0.29, 0.717) is 11.7 Å². The molecule has 1 fully saturated rings. The van der Waals surface area contributed by atoms with Gasteiger partial charge in [0.1, 0.15) is 5.82 Å². The highest BCUT2D eigenvalue weighted by atomic mass is 19.1. The van der Waals surface area contributed by atoms with Crippen LogP contribution >= 0.6 is 0 Å². The Balaban J connectivity index is 1.68. The Morgan fingerprint density at radius 2 is 2.35 bits per heavy atom. The fraction of sp³-hybridized carbons (Fsp3) is 0.571. The molecule has 1 N–H and O–H groups in total. The molecule has 1 aromatic rings. The topological polar surface area (TPSA) is 21.3 Å². The summed E-state index contributed by atoms with van der Waals surface area (Å²) in [6.07, 6.45) is 5.09. The predicted molar refractivity (Wildman–Crippen MR) is 67.8 cm³/mol. The molecule has 1 saturated heterocycles. The van der Waals surface area contributed by atoms with E-state index >= 15 is 0 Å².